The van der Waals surface area contributed by atoms with Crippen molar-refractivity contribution >= 4 is 6.09 Å². The first-order valence-electron chi connectivity index (χ1n) is 5.87. The molecule has 1 aromatic heterocycles. The van der Waals surface area contributed by atoms with Gasteiger partial charge < -0.3 is 15.2 Å². The molecular formula is C11H20N4O3. The minimum absolute atomic E-state index is 0.115. The lowest BCUT2D eigenvalue weighted by Crippen LogP contribution is -2.33. The van der Waals surface area contributed by atoms with Gasteiger partial charge in [0.2, 0.25) is 0 Å². The van der Waals surface area contributed by atoms with Gasteiger partial charge in [0.1, 0.15) is 11.3 Å². The Morgan fingerprint density at radius 3 is 2.83 bits per heavy atom. The average molecular weight is 256 g/mol. The van der Waals surface area contributed by atoms with Gasteiger partial charge in [0.25, 0.3) is 0 Å². The number of aryl methyl sites for hydroxylation is 1. The maximum absolute atomic E-state index is 11.3. The molecule has 1 rings (SSSR count). The summed E-state index contributed by atoms with van der Waals surface area (Å²) < 4.78 is 6.72. The van der Waals surface area contributed by atoms with Crippen LogP contribution in [0, 0.1) is 0 Å². The van der Waals surface area contributed by atoms with Gasteiger partial charge in [0.15, 0.2) is 0 Å². The van der Waals surface area contributed by atoms with Gasteiger partial charge in [0.05, 0.1) is 12.8 Å². The van der Waals surface area contributed by atoms with E-state index in [4.69, 9.17) is 9.84 Å². The van der Waals surface area contributed by atoms with Crippen LogP contribution in [0.15, 0.2) is 6.20 Å². The van der Waals surface area contributed by atoms with Crippen molar-refractivity contribution < 1.29 is 14.6 Å². The first kappa shape index (κ1) is 14.4. The number of carbonyl (C=O) groups excluding carboxylic acids is 1. The molecule has 1 aromatic rings. The molecule has 0 atom stereocenters. The molecular weight excluding hydrogens is 236 g/mol. The summed E-state index contributed by atoms with van der Waals surface area (Å²) in [5, 5.41) is 19.0. The number of nitrogens with zero attached hydrogens (tertiary/aromatic N) is 3. The summed E-state index contributed by atoms with van der Waals surface area (Å²) in [6, 6.07) is 0. The minimum Gasteiger partial charge on any atom is -0.444 e. The second-order valence-electron chi connectivity index (χ2n) is 4.91. The molecule has 0 bridgehead atoms. The summed E-state index contributed by atoms with van der Waals surface area (Å²) in [5.41, 5.74) is 0.0570. The molecule has 102 valence electrons. The molecule has 0 unspecified atom stereocenters. The second-order valence-corrected chi connectivity index (χ2v) is 4.91. The second kappa shape index (κ2) is 6.34. The van der Waals surface area contributed by atoms with Crippen molar-refractivity contribution in [3.8, 4) is 0 Å². The van der Waals surface area contributed by atoms with Crippen LogP contribution in [-0.4, -0.2) is 38.3 Å². The number of ether oxygens (including phenoxy) is 1. The number of amides is 1. The fourth-order valence-electron chi connectivity index (χ4n) is 1.27. The van der Waals surface area contributed by atoms with E-state index in [1.54, 1.807) is 10.9 Å². The maximum atomic E-state index is 11.3. The van der Waals surface area contributed by atoms with E-state index in [9.17, 15) is 4.79 Å². The van der Waals surface area contributed by atoms with Gasteiger partial charge in [-0.3, -0.25) is 4.68 Å². The van der Waals surface area contributed by atoms with Crippen LogP contribution in [0.5, 0.6) is 0 Å². The molecule has 0 fully saturated rings. The van der Waals surface area contributed by atoms with E-state index in [0.29, 0.717) is 25.2 Å². The Kier molecular flexibility index (Phi) is 5.08. The van der Waals surface area contributed by atoms with Crippen molar-refractivity contribution in [2.24, 2.45) is 0 Å². The van der Waals surface area contributed by atoms with Gasteiger partial charge in [-0.05, 0) is 27.2 Å². The lowest BCUT2D eigenvalue weighted by Gasteiger charge is -2.19. The van der Waals surface area contributed by atoms with E-state index in [-0.39, 0.29) is 6.61 Å². The molecule has 0 spiro atoms. The summed E-state index contributed by atoms with van der Waals surface area (Å²) in [6.45, 7) is 6.47. The van der Waals surface area contributed by atoms with Crippen molar-refractivity contribution in [2.75, 3.05) is 6.54 Å². The fourth-order valence-corrected chi connectivity index (χ4v) is 1.27. The Balaban J connectivity index is 2.17. The van der Waals surface area contributed by atoms with Crippen molar-refractivity contribution in [3.05, 3.63) is 11.9 Å². The van der Waals surface area contributed by atoms with Gasteiger partial charge in [-0.1, -0.05) is 5.21 Å². The summed E-state index contributed by atoms with van der Waals surface area (Å²) in [4.78, 5) is 11.3. The minimum atomic E-state index is -0.480. The van der Waals surface area contributed by atoms with Gasteiger partial charge in [-0.15, -0.1) is 5.10 Å². The van der Waals surface area contributed by atoms with Gasteiger partial charge >= 0.3 is 6.09 Å². The predicted molar refractivity (Wildman–Crippen MR) is 64.8 cm³/mol. The zero-order valence-electron chi connectivity index (χ0n) is 11.0. The topological polar surface area (TPSA) is 89.3 Å². The van der Waals surface area contributed by atoms with Crippen molar-refractivity contribution in [1.29, 1.82) is 0 Å². The highest BCUT2D eigenvalue weighted by atomic mass is 16.6. The van der Waals surface area contributed by atoms with E-state index in [1.807, 2.05) is 20.8 Å². The number of nitrogens with one attached hydrogen (secondary N) is 1. The highest BCUT2D eigenvalue weighted by Gasteiger charge is 2.15. The predicted octanol–water partition coefficient (Wildman–Crippen LogP) is 0.685. The number of aliphatic hydroxyl groups is 1. The fraction of sp³-hybridized carbons (Fsp3) is 0.727. The molecule has 0 aliphatic heterocycles. The molecule has 7 heteroatoms. The highest BCUT2D eigenvalue weighted by Crippen LogP contribution is 2.06. The molecule has 0 aromatic carbocycles. The van der Waals surface area contributed by atoms with Gasteiger partial charge in [0, 0.05) is 13.1 Å². The van der Waals surface area contributed by atoms with E-state index in [2.05, 4.69) is 15.6 Å². The highest BCUT2D eigenvalue weighted by molar-refractivity contribution is 5.67. The third-order valence-electron chi connectivity index (χ3n) is 1.98. The van der Waals surface area contributed by atoms with E-state index in [0.717, 1.165) is 0 Å². The van der Waals surface area contributed by atoms with E-state index in [1.165, 1.54) is 0 Å². The number of aromatic nitrogens is 3. The van der Waals surface area contributed by atoms with Crippen molar-refractivity contribution in [1.82, 2.24) is 20.3 Å². The third-order valence-corrected chi connectivity index (χ3v) is 1.98. The number of carbonyl (C=O) groups is 1. The first-order chi connectivity index (χ1) is 8.40. The van der Waals surface area contributed by atoms with Crippen LogP contribution in [0.2, 0.25) is 0 Å². The normalized spacial score (nSPS) is 11.3. The van der Waals surface area contributed by atoms with E-state index < -0.39 is 11.7 Å². The number of hydrogen-bond acceptors (Lipinski definition) is 5. The van der Waals surface area contributed by atoms with Crippen LogP contribution in [-0.2, 0) is 17.9 Å². The number of aliphatic hydroxyl groups excluding tert-OH is 1. The summed E-state index contributed by atoms with van der Waals surface area (Å²) in [6.07, 6.45) is 1.97. The third kappa shape index (κ3) is 5.62. The molecule has 7 nitrogen and oxygen atoms in total. The van der Waals surface area contributed by atoms with Crippen LogP contribution in [0.25, 0.3) is 0 Å². The van der Waals surface area contributed by atoms with Crippen LogP contribution >= 0.6 is 0 Å². The van der Waals surface area contributed by atoms with Crippen LogP contribution in [0.1, 0.15) is 32.9 Å². The number of alkyl carbamates (subject to hydrolysis) is 1. The molecule has 0 saturated carbocycles. The average Bonchev–Trinajstić information content (AvgIpc) is 2.70. The van der Waals surface area contributed by atoms with Crippen molar-refractivity contribution in [2.45, 2.75) is 45.9 Å². The van der Waals surface area contributed by atoms with Crippen molar-refractivity contribution in [3.63, 3.8) is 0 Å². The molecule has 0 saturated heterocycles. The zero-order chi connectivity index (χ0) is 13.6. The quantitative estimate of drug-likeness (QED) is 0.756. The lowest BCUT2D eigenvalue weighted by atomic mass is 10.2. The standard InChI is InChI=1S/C11H20N4O3/c1-11(2,3)18-10(17)12-5-4-6-15-7-9(8-16)13-14-15/h7,16H,4-6,8H2,1-3H3,(H,12,17). The molecule has 1 heterocycles. The Hall–Kier alpha value is -1.63. The zero-order valence-corrected chi connectivity index (χ0v) is 11.0. The largest absolute Gasteiger partial charge is 0.444 e. The summed E-state index contributed by atoms with van der Waals surface area (Å²) in [7, 11) is 0. The maximum Gasteiger partial charge on any atom is 0.407 e. The number of rotatable bonds is 5. The molecule has 0 radical (unpaired) electrons. The first-order valence-corrected chi connectivity index (χ1v) is 5.87. The lowest BCUT2D eigenvalue weighted by molar-refractivity contribution is 0.0526. The molecule has 0 aliphatic carbocycles. The Bertz CT molecular complexity index is 384. The van der Waals surface area contributed by atoms with Crippen LogP contribution in [0.4, 0.5) is 4.79 Å². The van der Waals surface area contributed by atoms with E-state index >= 15 is 0 Å². The Labute approximate surface area is 106 Å². The number of hydrogen-bond donors (Lipinski definition) is 2. The molecule has 0 aliphatic rings. The van der Waals surface area contributed by atoms with Crippen LogP contribution < -0.4 is 5.32 Å². The van der Waals surface area contributed by atoms with Crippen LogP contribution in [0.3, 0.4) is 0 Å². The SMILES string of the molecule is CC(C)(C)OC(=O)NCCCn1cc(CO)nn1. The van der Waals surface area contributed by atoms with Gasteiger partial charge in [-0.2, -0.15) is 0 Å². The Morgan fingerprint density at radius 2 is 2.28 bits per heavy atom. The summed E-state index contributed by atoms with van der Waals surface area (Å²) in [5.74, 6) is 0. The summed E-state index contributed by atoms with van der Waals surface area (Å²) >= 11 is 0. The Morgan fingerprint density at radius 1 is 1.56 bits per heavy atom. The molecule has 2 N–H and O–H groups in total. The smallest absolute Gasteiger partial charge is 0.407 e. The monoisotopic (exact) mass is 256 g/mol. The van der Waals surface area contributed by atoms with Gasteiger partial charge in [-0.25, -0.2) is 4.79 Å². The molecule has 18 heavy (non-hydrogen) atoms. The molecule has 1 amide bonds.